The van der Waals surface area contributed by atoms with Crippen molar-refractivity contribution in [3.63, 3.8) is 0 Å². The highest BCUT2D eigenvalue weighted by molar-refractivity contribution is 5.94. The van der Waals surface area contributed by atoms with Crippen molar-refractivity contribution >= 4 is 5.97 Å². The van der Waals surface area contributed by atoms with Gasteiger partial charge in [0.2, 0.25) is 0 Å². The normalized spacial score (nSPS) is 13.4. The fraction of sp³-hybridized carbons (Fsp3) is 0.325. The number of nitrogens with one attached hydrogen (secondary N) is 1. The molecule has 0 spiro atoms. The smallest absolute Gasteiger partial charge is 0.360 e. The number of methoxy groups -OCH3 is 1. The molecule has 1 aliphatic rings. The van der Waals surface area contributed by atoms with Crippen LogP contribution in [0.15, 0.2) is 97.1 Å². The van der Waals surface area contributed by atoms with Crippen molar-refractivity contribution < 1.29 is 23.7 Å². The number of hydrogen-bond acceptors (Lipinski definition) is 9. The number of esters is 1. The molecular weight excluding hydrogens is 630 g/mol. The standard InChI is InChI=1S/C40H45N5O5/c1-29(2)34-24-35(37(50-28-32-12-8-5-9-13-32)25-36(34)49-27-31-10-6-4-7-11-31)45-39(38(42-43-45)40(46)47-3)33-16-14-30(15-17-33)26-41-18-19-44-20-22-48-23-21-44/h4-17,24-25,29,41H,18-23,26-28H2,1-3H3. The summed E-state index contributed by atoms with van der Waals surface area (Å²) in [5.74, 6) is 0.810. The molecule has 6 rings (SSSR count). The van der Waals surface area contributed by atoms with Gasteiger partial charge >= 0.3 is 5.97 Å². The zero-order chi connectivity index (χ0) is 34.7. The lowest BCUT2D eigenvalue weighted by atomic mass is 10.00. The molecule has 0 radical (unpaired) electrons. The minimum atomic E-state index is -0.571. The first-order valence-corrected chi connectivity index (χ1v) is 17.2. The van der Waals surface area contributed by atoms with E-state index < -0.39 is 5.97 Å². The van der Waals surface area contributed by atoms with Gasteiger partial charge in [-0.05, 0) is 34.2 Å². The largest absolute Gasteiger partial charge is 0.488 e. The van der Waals surface area contributed by atoms with Crippen LogP contribution in [0.4, 0.5) is 0 Å². The zero-order valence-electron chi connectivity index (χ0n) is 29.0. The van der Waals surface area contributed by atoms with Crippen molar-refractivity contribution in [2.24, 2.45) is 0 Å². The summed E-state index contributed by atoms with van der Waals surface area (Å²) in [5.41, 5.74) is 6.23. The number of carbonyl (C=O) groups is 1. The summed E-state index contributed by atoms with van der Waals surface area (Å²) < 4.78 is 25.2. The average molecular weight is 676 g/mol. The van der Waals surface area contributed by atoms with Gasteiger partial charge in [0.05, 0.1) is 20.3 Å². The molecule has 1 saturated heterocycles. The molecule has 1 N–H and O–H groups in total. The van der Waals surface area contributed by atoms with Crippen molar-refractivity contribution in [1.29, 1.82) is 0 Å². The maximum absolute atomic E-state index is 13.1. The first kappa shape index (κ1) is 34.8. The lowest BCUT2D eigenvalue weighted by Crippen LogP contribution is -2.40. The summed E-state index contributed by atoms with van der Waals surface area (Å²) in [5, 5.41) is 12.4. The summed E-state index contributed by atoms with van der Waals surface area (Å²) >= 11 is 0. The van der Waals surface area contributed by atoms with Crippen LogP contribution in [0.5, 0.6) is 11.5 Å². The molecule has 50 heavy (non-hydrogen) atoms. The van der Waals surface area contributed by atoms with Gasteiger partial charge in [-0.15, -0.1) is 5.10 Å². The summed E-state index contributed by atoms with van der Waals surface area (Å²) in [4.78, 5) is 15.5. The molecule has 0 bridgehead atoms. The van der Waals surface area contributed by atoms with Crippen molar-refractivity contribution in [3.05, 3.63) is 125 Å². The summed E-state index contributed by atoms with van der Waals surface area (Å²) in [6.45, 7) is 11.1. The number of nitrogens with zero attached hydrogens (tertiary/aromatic N) is 4. The van der Waals surface area contributed by atoms with E-state index >= 15 is 0 Å². The predicted octanol–water partition coefficient (Wildman–Crippen LogP) is 6.42. The topological polar surface area (TPSA) is 100.0 Å². The Morgan fingerprint density at radius 3 is 2.10 bits per heavy atom. The van der Waals surface area contributed by atoms with E-state index in [1.54, 1.807) is 4.68 Å². The molecule has 1 aliphatic heterocycles. The molecule has 5 aromatic rings. The summed E-state index contributed by atoms with van der Waals surface area (Å²) in [7, 11) is 1.35. The van der Waals surface area contributed by atoms with Gasteiger partial charge in [0.25, 0.3) is 0 Å². The van der Waals surface area contributed by atoms with Crippen molar-refractivity contribution in [1.82, 2.24) is 25.2 Å². The van der Waals surface area contributed by atoms with Crippen LogP contribution < -0.4 is 14.8 Å². The van der Waals surface area contributed by atoms with E-state index in [4.69, 9.17) is 18.9 Å². The van der Waals surface area contributed by atoms with Gasteiger partial charge in [0.15, 0.2) is 5.69 Å². The molecular formula is C40H45N5O5. The molecule has 10 nitrogen and oxygen atoms in total. The quantitative estimate of drug-likeness (QED) is 0.0995. The van der Waals surface area contributed by atoms with E-state index in [-0.39, 0.29) is 11.6 Å². The van der Waals surface area contributed by atoms with Gasteiger partial charge in [0, 0.05) is 44.4 Å². The Morgan fingerprint density at radius 1 is 0.840 bits per heavy atom. The van der Waals surface area contributed by atoms with Crippen LogP contribution in [0, 0.1) is 0 Å². The maximum Gasteiger partial charge on any atom is 0.360 e. The van der Waals surface area contributed by atoms with Crippen LogP contribution in [0.3, 0.4) is 0 Å². The highest BCUT2D eigenvalue weighted by atomic mass is 16.5. The Balaban J connectivity index is 1.33. The highest BCUT2D eigenvalue weighted by Crippen LogP contribution is 2.39. The highest BCUT2D eigenvalue weighted by Gasteiger charge is 2.26. The number of carbonyl (C=O) groups excluding carboxylic acids is 1. The fourth-order valence-electron chi connectivity index (χ4n) is 5.91. The summed E-state index contributed by atoms with van der Waals surface area (Å²) in [6, 6.07) is 32.1. The van der Waals surface area contributed by atoms with E-state index in [1.807, 2.05) is 84.9 Å². The van der Waals surface area contributed by atoms with E-state index in [9.17, 15) is 4.79 Å². The SMILES string of the molecule is COC(=O)c1nnn(-c2cc(C(C)C)c(OCc3ccccc3)cc2OCc2ccccc2)c1-c1ccc(CNCCN2CCOCC2)cc1. The van der Waals surface area contributed by atoms with E-state index in [0.717, 1.165) is 79.5 Å². The van der Waals surface area contributed by atoms with Crippen LogP contribution in [-0.2, 0) is 29.2 Å². The van der Waals surface area contributed by atoms with Crippen molar-refractivity contribution in [2.45, 2.75) is 39.5 Å². The molecule has 0 atom stereocenters. The number of aromatic nitrogens is 3. The number of rotatable bonds is 15. The zero-order valence-corrected chi connectivity index (χ0v) is 29.0. The molecule has 1 aromatic heterocycles. The maximum atomic E-state index is 13.1. The minimum Gasteiger partial charge on any atom is -0.488 e. The van der Waals surface area contributed by atoms with Gasteiger partial charge < -0.3 is 24.3 Å². The fourth-order valence-corrected chi connectivity index (χ4v) is 5.91. The van der Waals surface area contributed by atoms with Gasteiger partial charge in [-0.1, -0.05) is 104 Å². The number of morpholine rings is 1. The third-order valence-corrected chi connectivity index (χ3v) is 8.73. The van der Waals surface area contributed by atoms with Crippen LogP contribution >= 0.6 is 0 Å². The molecule has 0 saturated carbocycles. The van der Waals surface area contributed by atoms with Gasteiger partial charge in [-0.2, -0.15) is 0 Å². The van der Waals surface area contributed by atoms with Crippen molar-refractivity contribution in [2.75, 3.05) is 46.5 Å². The first-order chi connectivity index (χ1) is 24.5. The Kier molecular flexibility index (Phi) is 11.9. The lowest BCUT2D eigenvalue weighted by Gasteiger charge is -2.26. The molecule has 260 valence electrons. The van der Waals surface area contributed by atoms with Gasteiger partial charge in [-0.3, -0.25) is 4.90 Å². The van der Waals surface area contributed by atoms with E-state index in [1.165, 1.54) is 7.11 Å². The first-order valence-electron chi connectivity index (χ1n) is 17.2. The Bertz CT molecular complexity index is 1820. The second-order valence-electron chi connectivity index (χ2n) is 12.6. The second kappa shape index (κ2) is 17.1. The Morgan fingerprint density at radius 2 is 1.48 bits per heavy atom. The van der Waals surface area contributed by atoms with Gasteiger partial charge in [0.1, 0.15) is 36.1 Å². The Hall–Kier alpha value is -5.03. The van der Waals surface area contributed by atoms with Crippen LogP contribution in [0.1, 0.15) is 52.5 Å². The molecule has 1 fully saturated rings. The van der Waals surface area contributed by atoms with Gasteiger partial charge in [-0.25, -0.2) is 9.48 Å². The Labute approximate surface area is 293 Å². The number of ether oxygens (including phenoxy) is 4. The van der Waals surface area contributed by atoms with E-state index in [2.05, 4.69) is 46.5 Å². The van der Waals surface area contributed by atoms with E-state index in [0.29, 0.717) is 30.3 Å². The molecule has 0 aliphatic carbocycles. The molecule has 0 amide bonds. The number of benzene rings is 4. The molecule has 4 aromatic carbocycles. The number of hydrogen-bond donors (Lipinski definition) is 1. The predicted molar refractivity (Wildman–Crippen MR) is 193 cm³/mol. The summed E-state index contributed by atoms with van der Waals surface area (Å²) in [6.07, 6.45) is 0. The molecule has 0 unspecified atom stereocenters. The third-order valence-electron chi connectivity index (χ3n) is 8.73. The lowest BCUT2D eigenvalue weighted by molar-refractivity contribution is 0.0384. The minimum absolute atomic E-state index is 0.116. The van der Waals surface area contributed by atoms with Crippen LogP contribution in [-0.4, -0.2) is 72.4 Å². The van der Waals surface area contributed by atoms with Crippen molar-refractivity contribution in [3.8, 4) is 28.4 Å². The van der Waals surface area contributed by atoms with Crippen LogP contribution in [0.2, 0.25) is 0 Å². The molecule has 10 heteroatoms. The van der Waals surface area contributed by atoms with Crippen LogP contribution in [0.25, 0.3) is 16.9 Å². The second-order valence-corrected chi connectivity index (χ2v) is 12.6. The molecule has 2 heterocycles. The average Bonchev–Trinajstić information content (AvgIpc) is 3.61. The monoisotopic (exact) mass is 675 g/mol. The third kappa shape index (κ3) is 8.76.